The van der Waals surface area contributed by atoms with Crippen LogP contribution in [0.2, 0.25) is 0 Å². The van der Waals surface area contributed by atoms with E-state index in [2.05, 4.69) is 29.5 Å². The Kier molecular flexibility index (Phi) is 5.97. The summed E-state index contributed by atoms with van der Waals surface area (Å²) in [4.78, 5) is 17.4. The predicted molar refractivity (Wildman–Crippen MR) is 85.0 cm³/mol. The first-order valence-electron chi connectivity index (χ1n) is 7.28. The molecule has 0 aromatic carbocycles. The van der Waals surface area contributed by atoms with E-state index < -0.39 is 6.10 Å². The molecular weight excluding hydrogens is 302 g/mol. The molecule has 0 aliphatic rings. The van der Waals surface area contributed by atoms with Crippen molar-refractivity contribution in [3.05, 3.63) is 39.7 Å². The van der Waals surface area contributed by atoms with Gasteiger partial charge in [-0.2, -0.15) is 0 Å². The average Bonchev–Trinajstić information content (AvgIpc) is 3.14. The van der Waals surface area contributed by atoms with Gasteiger partial charge in [-0.3, -0.25) is 0 Å². The number of hydrogen-bond acceptors (Lipinski definition) is 5. The number of furan rings is 1. The van der Waals surface area contributed by atoms with Gasteiger partial charge in [0.25, 0.3) is 0 Å². The Bertz CT molecular complexity index is 595. The number of nitrogens with one attached hydrogen (secondary N) is 2. The molecule has 0 fully saturated rings. The smallest absolute Gasteiger partial charge is 0.314 e. The number of nitrogens with zero attached hydrogens (tertiary/aromatic N) is 1. The monoisotopic (exact) mass is 323 g/mol. The number of carbonyl (C=O) groups excluding carboxylic acids is 1. The number of aliphatic hydroxyl groups is 1. The van der Waals surface area contributed by atoms with Crippen molar-refractivity contribution in [3.8, 4) is 0 Å². The minimum absolute atomic E-state index is 0.107. The van der Waals surface area contributed by atoms with Crippen molar-refractivity contribution in [3.63, 3.8) is 0 Å². The van der Waals surface area contributed by atoms with Gasteiger partial charge in [0.15, 0.2) is 0 Å². The molecule has 22 heavy (non-hydrogen) atoms. The van der Waals surface area contributed by atoms with E-state index in [1.165, 1.54) is 11.1 Å². The maximum atomic E-state index is 11.7. The molecule has 0 bridgehead atoms. The van der Waals surface area contributed by atoms with Crippen molar-refractivity contribution in [2.45, 2.75) is 32.8 Å². The fraction of sp³-hybridized carbons (Fsp3) is 0.467. The molecule has 0 spiro atoms. The molecular formula is C15H21N3O3S. The minimum Gasteiger partial charge on any atom is -0.467 e. The minimum atomic E-state index is -0.838. The second kappa shape index (κ2) is 7.95. The Morgan fingerprint density at radius 2 is 2.32 bits per heavy atom. The number of aliphatic hydroxyl groups excluding tert-OH is 1. The van der Waals surface area contributed by atoms with E-state index in [1.807, 2.05) is 0 Å². The standard InChI is InChI=1S/C15H21N3O3S/c1-3-11-10(2)22-14(18-11)6-7-16-15(20)17-9-12(19)13-5-4-8-21-13/h4-5,8,12,19H,3,6-7,9H2,1-2H3,(H2,16,17,20). The first-order chi connectivity index (χ1) is 10.6. The molecule has 0 aliphatic heterocycles. The number of thiazole rings is 1. The zero-order chi connectivity index (χ0) is 15.9. The Balaban J connectivity index is 1.67. The highest BCUT2D eigenvalue weighted by atomic mass is 32.1. The Morgan fingerprint density at radius 1 is 1.50 bits per heavy atom. The first-order valence-corrected chi connectivity index (χ1v) is 8.10. The quantitative estimate of drug-likeness (QED) is 0.729. The van der Waals surface area contributed by atoms with Gasteiger partial charge in [0.2, 0.25) is 0 Å². The van der Waals surface area contributed by atoms with Gasteiger partial charge < -0.3 is 20.2 Å². The molecule has 2 aromatic heterocycles. The SMILES string of the molecule is CCc1nc(CCNC(=O)NCC(O)c2ccco2)sc1C. The molecule has 6 nitrogen and oxygen atoms in total. The second-order valence-corrected chi connectivity index (χ2v) is 6.17. The van der Waals surface area contributed by atoms with Crippen LogP contribution in [0.5, 0.6) is 0 Å². The average molecular weight is 323 g/mol. The lowest BCUT2D eigenvalue weighted by atomic mass is 10.3. The summed E-state index contributed by atoms with van der Waals surface area (Å²) in [6.07, 6.45) is 2.29. The van der Waals surface area contributed by atoms with Gasteiger partial charge in [0, 0.05) is 17.8 Å². The summed E-state index contributed by atoms with van der Waals surface area (Å²) in [5.41, 5.74) is 1.13. The molecule has 2 aromatic rings. The highest BCUT2D eigenvalue weighted by molar-refractivity contribution is 7.11. The van der Waals surface area contributed by atoms with Crippen LogP contribution < -0.4 is 10.6 Å². The van der Waals surface area contributed by atoms with E-state index in [1.54, 1.807) is 23.5 Å². The van der Waals surface area contributed by atoms with Crippen LogP contribution >= 0.6 is 11.3 Å². The fourth-order valence-corrected chi connectivity index (χ4v) is 3.06. The third kappa shape index (κ3) is 4.57. The number of rotatable bonds is 7. The van der Waals surface area contributed by atoms with Gasteiger partial charge in [-0.05, 0) is 25.5 Å². The summed E-state index contributed by atoms with van der Waals surface area (Å²) in [5, 5.41) is 16.2. The lowest BCUT2D eigenvalue weighted by molar-refractivity contribution is 0.148. The normalized spacial score (nSPS) is 12.1. The predicted octanol–water partition coefficient (Wildman–Crippen LogP) is 2.18. The molecule has 120 valence electrons. The molecule has 7 heteroatoms. The molecule has 2 heterocycles. The van der Waals surface area contributed by atoms with Crippen molar-refractivity contribution in [2.24, 2.45) is 0 Å². The molecule has 0 saturated heterocycles. The molecule has 3 N–H and O–H groups in total. The lowest BCUT2D eigenvalue weighted by Gasteiger charge is -2.10. The van der Waals surface area contributed by atoms with E-state index in [-0.39, 0.29) is 12.6 Å². The first kappa shape index (κ1) is 16.5. The van der Waals surface area contributed by atoms with Crippen molar-refractivity contribution < 1.29 is 14.3 Å². The summed E-state index contributed by atoms with van der Waals surface area (Å²) in [7, 11) is 0. The number of carbonyl (C=O) groups is 1. The van der Waals surface area contributed by atoms with Crippen molar-refractivity contribution >= 4 is 17.4 Å². The second-order valence-electron chi connectivity index (χ2n) is 4.88. The maximum absolute atomic E-state index is 11.7. The van der Waals surface area contributed by atoms with E-state index in [0.717, 1.165) is 17.1 Å². The van der Waals surface area contributed by atoms with Crippen LogP contribution in [0.1, 0.15) is 34.4 Å². The highest BCUT2D eigenvalue weighted by Crippen LogP contribution is 2.18. The largest absolute Gasteiger partial charge is 0.467 e. The van der Waals surface area contributed by atoms with Gasteiger partial charge in [0.1, 0.15) is 11.9 Å². The lowest BCUT2D eigenvalue weighted by Crippen LogP contribution is -2.38. The van der Waals surface area contributed by atoms with Crippen LogP contribution in [-0.2, 0) is 12.8 Å². The Morgan fingerprint density at radius 3 is 2.95 bits per heavy atom. The summed E-state index contributed by atoms with van der Waals surface area (Å²) in [6.45, 7) is 4.77. The van der Waals surface area contributed by atoms with Crippen LogP contribution in [0.3, 0.4) is 0 Å². The summed E-state index contributed by atoms with van der Waals surface area (Å²) in [6, 6.07) is 3.05. The number of hydrogen-bond donors (Lipinski definition) is 3. The molecule has 0 aliphatic carbocycles. The molecule has 0 radical (unpaired) electrons. The zero-order valence-corrected chi connectivity index (χ0v) is 13.6. The van der Waals surface area contributed by atoms with Gasteiger partial charge >= 0.3 is 6.03 Å². The van der Waals surface area contributed by atoms with Crippen molar-refractivity contribution in [1.29, 1.82) is 0 Å². The van der Waals surface area contributed by atoms with Gasteiger partial charge in [-0.15, -0.1) is 11.3 Å². The van der Waals surface area contributed by atoms with Crippen LogP contribution in [0.4, 0.5) is 4.79 Å². The van der Waals surface area contributed by atoms with E-state index in [4.69, 9.17) is 4.42 Å². The topological polar surface area (TPSA) is 87.4 Å². The van der Waals surface area contributed by atoms with Gasteiger partial charge in [-0.25, -0.2) is 9.78 Å². The molecule has 2 amide bonds. The van der Waals surface area contributed by atoms with Gasteiger partial charge in [0.05, 0.1) is 23.5 Å². The fourth-order valence-electron chi connectivity index (χ4n) is 2.04. The van der Waals surface area contributed by atoms with Crippen molar-refractivity contribution in [1.82, 2.24) is 15.6 Å². The summed E-state index contributed by atoms with van der Waals surface area (Å²) < 4.78 is 5.06. The summed E-state index contributed by atoms with van der Waals surface area (Å²) in [5.74, 6) is 0.436. The van der Waals surface area contributed by atoms with Crippen LogP contribution in [0.15, 0.2) is 22.8 Å². The van der Waals surface area contributed by atoms with Gasteiger partial charge in [-0.1, -0.05) is 6.92 Å². The number of amides is 2. The van der Waals surface area contributed by atoms with Crippen molar-refractivity contribution in [2.75, 3.05) is 13.1 Å². The van der Waals surface area contributed by atoms with Crippen LogP contribution in [0, 0.1) is 6.92 Å². The third-order valence-electron chi connectivity index (χ3n) is 3.22. The molecule has 0 saturated carbocycles. The van der Waals surface area contributed by atoms with E-state index >= 15 is 0 Å². The van der Waals surface area contributed by atoms with Crippen LogP contribution in [-0.4, -0.2) is 29.2 Å². The van der Waals surface area contributed by atoms with E-state index in [0.29, 0.717) is 18.7 Å². The maximum Gasteiger partial charge on any atom is 0.314 e. The third-order valence-corrected chi connectivity index (χ3v) is 4.30. The molecule has 1 unspecified atom stereocenters. The van der Waals surface area contributed by atoms with E-state index in [9.17, 15) is 9.90 Å². The Hall–Kier alpha value is -1.86. The Labute approximate surface area is 133 Å². The molecule has 2 rings (SSSR count). The number of aromatic nitrogens is 1. The van der Waals surface area contributed by atoms with Crippen LogP contribution in [0.25, 0.3) is 0 Å². The number of urea groups is 1. The molecule has 1 atom stereocenters. The zero-order valence-electron chi connectivity index (χ0n) is 12.8. The highest BCUT2D eigenvalue weighted by Gasteiger charge is 2.12. The number of aryl methyl sites for hydroxylation is 2. The summed E-state index contributed by atoms with van der Waals surface area (Å²) >= 11 is 1.67.